The van der Waals surface area contributed by atoms with Crippen LogP contribution < -0.4 is 5.73 Å². The van der Waals surface area contributed by atoms with Gasteiger partial charge in [-0.15, -0.1) is 0 Å². The van der Waals surface area contributed by atoms with Gasteiger partial charge in [0.25, 0.3) is 0 Å². The lowest BCUT2D eigenvalue weighted by molar-refractivity contribution is 0.166. The molecule has 3 nitrogen and oxygen atoms in total. The quantitative estimate of drug-likeness (QED) is 0.716. The zero-order valence-corrected chi connectivity index (χ0v) is 9.69. The van der Waals surface area contributed by atoms with Crippen molar-refractivity contribution in [2.24, 2.45) is 5.73 Å². The van der Waals surface area contributed by atoms with E-state index in [0.29, 0.717) is 0 Å². The molecule has 0 aromatic heterocycles. The van der Waals surface area contributed by atoms with E-state index in [1.54, 1.807) is 0 Å². The van der Waals surface area contributed by atoms with Crippen molar-refractivity contribution in [3.05, 3.63) is 34.3 Å². The van der Waals surface area contributed by atoms with E-state index in [1.165, 1.54) is 5.56 Å². The average molecular weight is 239 g/mol. The third-order valence-electron chi connectivity index (χ3n) is 3.68. The standard InChI is InChI=1S/C12H15ClN2O/c13-8-2-1-7-5-15-6-9(16)4-11(15)12(14)10(7)3-8/h1-3,9,11-12,16H,4-6,14H2. The molecular formula is C12H15ClN2O. The highest BCUT2D eigenvalue weighted by Crippen LogP contribution is 2.36. The van der Waals surface area contributed by atoms with Crippen LogP contribution in [0.5, 0.6) is 0 Å². The highest BCUT2D eigenvalue weighted by Gasteiger charge is 2.39. The van der Waals surface area contributed by atoms with Gasteiger partial charge < -0.3 is 10.8 Å². The summed E-state index contributed by atoms with van der Waals surface area (Å²) >= 11 is 6.00. The molecule has 1 aromatic rings. The predicted molar refractivity (Wildman–Crippen MR) is 63.2 cm³/mol. The van der Waals surface area contributed by atoms with Crippen LogP contribution in [-0.4, -0.2) is 28.7 Å². The van der Waals surface area contributed by atoms with Gasteiger partial charge in [-0.1, -0.05) is 17.7 Å². The minimum Gasteiger partial charge on any atom is -0.392 e. The van der Waals surface area contributed by atoms with Crippen LogP contribution in [-0.2, 0) is 6.54 Å². The van der Waals surface area contributed by atoms with Crippen molar-refractivity contribution in [1.82, 2.24) is 4.90 Å². The Morgan fingerprint density at radius 1 is 1.44 bits per heavy atom. The highest BCUT2D eigenvalue weighted by atomic mass is 35.5. The van der Waals surface area contributed by atoms with E-state index in [2.05, 4.69) is 4.90 Å². The summed E-state index contributed by atoms with van der Waals surface area (Å²) < 4.78 is 0. The number of halogens is 1. The van der Waals surface area contributed by atoms with Crippen LogP contribution in [0.4, 0.5) is 0 Å². The maximum atomic E-state index is 9.69. The second-order valence-electron chi connectivity index (χ2n) is 4.76. The Labute approximate surface area is 99.8 Å². The fourth-order valence-corrected chi connectivity index (χ4v) is 3.09. The van der Waals surface area contributed by atoms with Crippen molar-refractivity contribution in [1.29, 1.82) is 0 Å². The lowest BCUT2D eigenvalue weighted by Gasteiger charge is -2.36. The predicted octanol–water partition coefficient (Wildman–Crippen LogP) is 1.29. The topological polar surface area (TPSA) is 49.5 Å². The molecule has 3 rings (SSSR count). The van der Waals surface area contributed by atoms with Gasteiger partial charge in [0, 0.05) is 30.2 Å². The van der Waals surface area contributed by atoms with Crippen molar-refractivity contribution >= 4 is 11.6 Å². The normalized spacial score (nSPS) is 33.6. The van der Waals surface area contributed by atoms with E-state index in [4.69, 9.17) is 17.3 Å². The van der Waals surface area contributed by atoms with Gasteiger partial charge >= 0.3 is 0 Å². The van der Waals surface area contributed by atoms with Crippen LogP contribution in [0.1, 0.15) is 23.6 Å². The number of nitrogens with two attached hydrogens (primary N) is 1. The minimum absolute atomic E-state index is 0.0281. The Balaban J connectivity index is 2.00. The molecule has 1 saturated heterocycles. The second-order valence-corrected chi connectivity index (χ2v) is 5.19. The zero-order valence-electron chi connectivity index (χ0n) is 8.94. The molecule has 3 unspecified atom stereocenters. The maximum Gasteiger partial charge on any atom is 0.0683 e. The van der Waals surface area contributed by atoms with Gasteiger partial charge in [-0.3, -0.25) is 4.90 Å². The zero-order chi connectivity index (χ0) is 11.3. The molecule has 0 radical (unpaired) electrons. The fraction of sp³-hybridized carbons (Fsp3) is 0.500. The van der Waals surface area contributed by atoms with Crippen LogP contribution >= 0.6 is 11.6 Å². The first kappa shape index (κ1) is 10.5. The molecule has 0 saturated carbocycles. The summed E-state index contributed by atoms with van der Waals surface area (Å²) in [6.45, 7) is 1.61. The number of aliphatic hydroxyl groups is 1. The number of fused-ring (bicyclic) bond motifs is 2. The number of rotatable bonds is 0. The van der Waals surface area contributed by atoms with Crippen LogP contribution in [0.15, 0.2) is 18.2 Å². The van der Waals surface area contributed by atoms with Gasteiger partial charge in [-0.05, 0) is 29.7 Å². The summed E-state index contributed by atoms with van der Waals surface area (Å²) in [5.41, 5.74) is 8.63. The number of benzene rings is 1. The SMILES string of the molecule is NC1c2cc(Cl)ccc2CN2CC(O)CC12. The summed E-state index contributed by atoms with van der Waals surface area (Å²) in [7, 11) is 0. The molecule has 2 aliphatic heterocycles. The van der Waals surface area contributed by atoms with Gasteiger partial charge in [-0.25, -0.2) is 0 Å². The largest absolute Gasteiger partial charge is 0.392 e. The Hall–Kier alpha value is -0.610. The molecule has 0 spiro atoms. The minimum atomic E-state index is -0.235. The number of aliphatic hydroxyl groups excluding tert-OH is 1. The van der Waals surface area contributed by atoms with Gasteiger partial charge in [0.05, 0.1) is 6.10 Å². The Kier molecular flexibility index (Phi) is 2.44. The lowest BCUT2D eigenvalue weighted by atomic mass is 9.90. The Morgan fingerprint density at radius 3 is 3.06 bits per heavy atom. The summed E-state index contributed by atoms with van der Waals surface area (Å²) in [6.07, 6.45) is 0.536. The fourth-order valence-electron chi connectivity index (χ4n) is 2.91. The van der Waals surface area contributed by atoms with Crippen molar-refractivity contribution in [2.75, 3.05) is 6.54 Å². The summed E-state index contributed by atoms with van der Waals surface area (Å²) in [6, 6.07) is 6.14. The van der Waals surface area contributed by atoms with Crippen molar-refractivity contribution in [3.8, 4) is 0 Å². The van der Waals surface area contributed by atoms with Crippen LogP contribution in [0.3, 0.4) is 0 Å². The van der Waals surface area contributed by atoms with E-state index >= 15 is 0 Å². The number of nitrogens with zero attached hydrogens (tertiary/aromatic N) is 1. The Bertz CT molecular complexity index is 423. The molecule has 0 bridgehead atoms. The third kappa shape index (κ3) is 1.55. The highest BCUT2D eigenvalue weighted by molar-refractivity contribution is 6.30. The Morgan fingerprint density at radius 2 is 2.25 bits per heavy atom. The van der Waals surface area contributed by atoms with Crippen LogP contribution in [0, 0.1) is 0 Å². The number of hydrogen-bond donors (Lipinski definition) is 2. The second kappa shape index (κ2) is 3.70. The molecule has 4 heteroatoms. The van der Waals surface area contributed by atoms with Gasteiger partial charge in [0.1, 0.15) is 0 Å². The molecule has 1 aromatic carbocycles. The summed E-state index contributed by atoms with van der Waals surface area (Å²) in [5.74, 6) is 0. The lowest BCUT2D eigenvalue weighted by Crippen LogP contribution is -2.42. The molecule has 2 aliphatic rings. The van der Waals surface area contributed by atoms with E-state index < -0.39 is 0 Å². The monoisotopic (exact) mass is 238 g/mol. The van der Waals surface area contributed by atoms with E-state index in [-0.39, 0.29) is 18.2 Å². The van der Waals surface area contributed by atoms with E-state index in [1.807, 2.05) is 18.2 Å². The molecule has 3 atom stereocenters. The first-order valence-electron chi connectivity index (χ1n) is 5.61. The smallest absolute Gasteiger partial charge is 0.0683 e. The van der Waals surface area contributed by atoms with Gasteiger partial charge in [-0.2, -0.15) is 0 Å². The van der Waals surface area contributed by atoms with Gasteiger partial charge in [0.2, 0.25) is 0 Å². The number of hydrogen-bond acceptors (Lipinski definition) is 3. The van der Waals surface area contributed by atoms with Crippen LogP contribution in [0.2, 0.25) is 5.02 Å². The first-order chi connectivity index (χ1) is 7.65. The maximum absolute atomic E-state index is 9.69. The molecule has 1 fully saturated rings. The van der Waals surface area contributed by atoms with E-state index in [0.717, 1.165) is 30.1 Å². The average Bonchev–Trinajstić information content (AvgIpc) is 2.61. The van der Waals surface area contributed by atoms with Crippen molar-refractivity contribution in [3.63, 3.8) is 0 Å². The van der Waals surface area contributed by atoms with Crippen LogP contribution in [0.25, 0.3) is 0 Å². The van der Waals surface area contributed by atoms with Crippen molar-refractivity contribution < 1.29 is 5.11 Å². The molecular weight excluding hydrogens is 224 g/mol. The van der Waals surface area contributed by atoms with Gasteiger partial charge in [0.15, 0.2) is 0 Å². The van der Waals surface area contributed by atoms with E-state index in [9.17, 15) is 5.11 Å². The molecule has 0 aliphatic carbocycles. The molecule has 16 heavy (non-hydrogen) atoms. The molecule has 2 heterocycles. The summed E-state index contributed by atoms with van der Waals surface area (Å²) in [5, 5.41) is 10.4. The molecule has 86 valence electrons. The third-order valence-corrected chi connectivity index (χ3v) is 3.92. The molecule has 3 N–H and O–H groups in total. The summed E-state index contributed by atoms with van der Waals surface area (Å²) in [4.78, 5) is 2.27. The van der Waals surface area contributed by atoms with Crippen molar-refractivity contribution in [2.45, 2.75) is 31.2 Å². The molecule has 0 amide bonds. The first-order valence-corrected chi connectivity index (χ1v) is 5.99.